The van der Waals surface area contributed by atoms with E-state index in [4.69, 9.17) is 21.7 Å². The lowest BCUT2D eigenvalue weighted by Gasteiger charge is -2.11. The van der Waals surface area contributed by atoms with Crippen molar-refractivity contribution in [3.63, 3.8) is 0 Å². The summed E-state index contributed by atoms with van der Waals surface area (Å²) in [6, 6.07) is 21.4. The summed E-state index contributed by atoms with van der Waals surface area (Å²) in [6.45, 7) is 0.416. The van der Waals surface area contributed by atoms with Crippen LogP contribution in [0.3, 0.4) is 0 Å². The molecule has 0 atom stereocenters. The van der Waals surface area contributed by atoms with Gasteiger partial charge in [0, 0.05) is 5.56 Å². The predicted octanol–water partition coefficient (Wildman–Crippen LogP) is 5.22. The first-order chi connectivity index (χ1) is 15.1. The molecule has 0 radical (unpaired) electrons. The fourth-order valence-corrected chi connectivity index (χ4v) is 3.11. The van der Waals surface area contributed by atoms with Crippen LogP contribution in [0.5, 0.6) is 11.5 Å². The largest absolute Gasteiger partial charge is 0.493 e. The monoisotopic (exact) mass is 434 g/mol. The Morgan fingerprint density at radius 1 is 1.06 bits per heavy atom. The van der Waals surface area contributed by atoms with Gasteiger partial charge in [0.25, 0.3) is 0 Å². The van der Waals surface area contributed by atoms with Crippen LogP contribution in [-0.2, 0) is 6.61 Å². The maximum absolute atomic E-state index is 13.2. The summed E-state index contributed by atoms with van der Waals surface area (Å²) in [6.07, 6.45) is 1.65. The molecule has 6 nitrogen and oxygen atoms in total. The summed E-state index contributed by atoms with van der Waals surface area (Å²) >= 11 is 5.29. The van der Waals surface area contributed by atoms with Gasteiger partial charge in [-0.3, -0.25) is 0 Å². The van der Waals surface area contributed by atoms with Crippen LogP contribution in [0.1, 0.15) is 11.1 Å². The topological polar surface area (TPSA) is 64.4 Å². The number of nitrogens with zero attached hydrogens (tertiary/aromatic N) is 3. The molecule has 0 aliphatic heterocycles. The Bertz CT molecular complexity index is 1250. The fraction of sp³-hybridized carbons (Fsp3) is 0.0870. The molecule has 1 N–H and O–H groups in total. The third kappa shape index (κ3) is 4.87. The Morgan fingerprint density at radius 3 is 2.58 bits per heavy atom. The molecule has 0 amide bonds. The standard InChI is InChI=1S/C23H19FN4O2S/c1-29-20-12-7-17(13-21(20)30-15-16-5-3-2-4-6-16)14-25-28-22(26-27-23(28)31)18-8-10-19(24)11-9-18/h2-14H,15H2,1H3,(H,27,31). The van der Waals surface area contributed by atoms with Crippen LogP contribution < -0.4 is 9.47 Å². The molecule has 1 aromatic heterocycles. The zero-order chi connectivity index (χ0) is 21.6. The lowest BCUT2D eigenvalue weighted by atomic mass is 10.2. The molecule has 0 fully saturated rings. The first-order valence-electron chi connectivity index (χ1n) is 9.46. The van der Waals surface area contributed by atoms with Crippen molar-refractivity contribution in [2.45, 2.75) is 6.61 Å². The molecule has 0 bridgehead atoms. The molecule has 0 unspecified atom stereocenters. The Kier molecular flexibility index (Phi) is 6.18. The van der Waals surface area contributed by atoms with Crippen LogP contribution >= 0.6 is 12.2 Å². The minimum atomic E-state index is -0.325. The quantitative estimate of drug-likeness (QED) is 0.320. The molecular formula is C23H19FN4O2S. The zero-order valence-electron chi connectivity index (χ0n) is 16.7. The highest BCUT2D eigenvalue weighted by Gasteiger charge is 2.09. The van der Waals surface area contributed by atoms with Crippen LogP contribution in [0.25, 0.3) is 11.4 Å². The molecule has 8 heteroatoms. The number of aromatic amines is 1. The van der Waals surface area contributed by atoms with Gasteiger partial charge in [0.15, 0.2) is 17.3 Å². The Labute approximate surface area is 183 Å². The zero-order valence-corrected chi connectivity index (χ0v) is 17.5. The van der Waals surface area contributed by atoms with Gasteiger partial charge in [-0.25, -0.2) is 9.49 Å². The third-order valence-corrected chi connectivity index (χ3v) is 4.76. The van der Waals surface area contributed by atoms with E-state index >= 15 is 0 Å². The average Bonchev–Trinajstić information content (AvgIpc) is 3.17. The van der Waals surface area contributed by atoms with E-state index in [-0.39, 0.29) is 5.82 Å². The van der Waals surface area contributed by atoms with E-state index in [0.717, 1.165) is 11.1 Å². The van der Waals surface area contributed by atoms with Crippen molar-refractivity contribution >= 4 is 18.4 Å². The number of halogens is 1. The smallest absolute Gasteiger partial charge is 0.216 e. The number of aromatic nitrogens is 3. The number of hydrogen-bond acceptors (Lipinski definition) is 5. The van der Waals surface area contributed by atoms with E-state index in [2.05, 4.69) is 15.3 Å². The van der Waals surface area contributed by atoms with Gasteiger partial charge in [-0.15, -0.1) is 0 Å². The van der Waals surface area contributed by atoms with Crippen LogP contribution in [0, 0.1) is 10.6 Å². The number of rotatable bonds is 7. The lowest BCUT2D eigenvalue weighted by molar-refractivity contribution is 0.284. The Hall–Kier alpha value is -3.78. The van der Waals surface area contributed by atoms with Gasteiger partial charge in [0.1, 0.15) is 12.4 Å². The summed E-state index contributed by atoms with van der Waals surface area (Å²) in [5.41, 5.74) is 2.53. The van der Waals surface area contributed by atoms with E-state index in [1.807, 2.05) is 48.5 Å². The molecular weight excluding hydrogens is 415 g/mol. The van der Waals surface area contributed by atoms with Gasteiger partial charge in [-0.2, -0.15) is 14.9 Å². The number of ether oxygens (including phenoxy) is 2. The van der Waals surface area contributed by atoms with Crippen LogP contribution in [-0.4, -0.2) is 28.2 Å². The molecule has 156 valence electrons. The van der Waals surface area contributed by atoms with Crippen molar-refractivity contribution in [2.24, 2.45) is 5.10 Å². The molecule has 0 spiro atoms. The number of H-pyrrole nitrogens is 1. The Balaban J connectivity index is 1.59. The summed E-state index contributed by atoms with van der Waals surface area (Å²) < 4.78 is 26.4. The minimum Gasteiger partial charge on any atom is -0.493 e. The summed E-state index contributed by atoms with van der Waals surface area (Å²) in [4.78, 5) is 0. The van der Waals surface area contributed by atoms with Gasteiger partial charge in [-0.1, -0.05) is 30.3 Å². The van der Waals surface area contributed by atoms with Crippen LogP contribution in [0.4, 0.5) is 4.39 Å². The molecule has 0 aliphatic carbocycles. The molecule has 31 heavy (non-hydrogen) atoms. The summed E-state index contributed by atoms with van der Waals surface area (Å²) in [5.74, 6) is 1.38. The van der Waals surface area contributed by atoms with E-state index in [1.165, 1.54) is 16.8 Å². The van der Waals surface area contributed by atoms with E-state index in [1.54, 1.807) is 25.5 Å². The van der Waals surface area contributed by atoms with Crippen molar-refractivity contribution < 1.29 is 13.9 Å². The molecule has 0 saturated carbocycles. The van der Waals surface area contributed by atoms with Crippen molar-refractivity contribution in [2.75, 3.05) is 7.11 Å². The van der Waals surface area contributed by atoms with Gasteiger partial charge < -0.3 is 9.47 Å². The van der Waals surface area contributed by atoms with E-state index in [0.29, 0.717) is 34.3 Å². The summed E-state index contributed by atoms with van der Waals surface area (Å²) in [7, 11) is 1.60. The second kappa shape index (κ2) is 9.36. The highest BCUT2D eigenvalue weighted by Crippen LogP contribution is 2.28. The maximum atomic E-state index is 13.2. The molecule has 1 heterocycles. The molecule has 4 aromatic rings. The van der Waals surface area contributed by atoms with Gasteiger partial charge in [0.05, 0.1) is 13.3 Å². The van der Waals surface area contributed by atoms with Gasteiger partial charge >= 0.3 is 0 Å². The fourth-order valence-electron chi connectivity index (χ4n) is 2.93. The molecule has 3 aromatic carbocycles. The van der Waals surface area contributed by atoms with Crippen molar-refractivity contribution in [3.05, 3.63) is 94.5 Å². The maximum Gasteiger partial charge on any atom is 0.216 e. The highest BCUT2D eigenvalue weighted by atomic mass is 32.1. The first kappa shape index (κ1) is 20.5. The van der Waals surface area contributed by atoms with Crippen molar-refractivity contribution in [1.82, 2.24) is 14.9 Å². The lowest BCUT2D eigenvalue weighted by Crippen LogP contribution is -1.99. The van der Waals surface area contributed by atoms with E-state index in [9.17, 15) is 4.39 Å². The van der Waals surface area contributed by atoms with E-state index < -0.39 is 0 Å². The average molecular weight is 434 g/mol. The number of methoxy groups -OCH3 is 1. The summed E-state index contributed by atoms with van der Waals surface area (Å²) in [5, 5.41) is 11.4. The first-order valence-corrected chi connectivity index (χ1v) is 9.87. The predicted molar refractivity (Wildman–Crippen MR) is 120 cm³/mol. The Morgan fingerprint density at radius 2 is 1.84 bits per heavy atom. The van der Waals surface area contributed by atoms with Crippen molar-refractivity contribution in [3.8, 4) is 22.9 Å². The third-order valence-electron chi connectivity index (χ3n) is 4.50. The van der Waals surface area contributed by atoms with Crippen LogP contribution in [0.2, 0.25) is 0 Å². The molecule has 4 rings (SSSR count). The number of benzene rings is 3. The highest BCUT2D eigenvalue weighted by molar-refractivity contribution is 7.71. The number of hydrogen-bond donors (Lipinski definition) is 1. The SMILES string of the molecule is COc1ccc(C=Nn2c(-c3ccc(F)cc3)n[nH]c2=S)cc1OCc1ccccc1. The van der Waals surface area contributed by atoms with Crippen LogP contribution in [0.15, 0.2) is 77.9 Å². The second-order valence-corrected chi connectivity index (χ2v) is 6.99. The number of nitrogens with one attached hydrogen (secondary N) is 1. The molecule has 0 aliphatic rings. The minimum absolute atomic E-state index is 0.324. The normalized spacial score (nSPS) is 11.0. The van der Waals surface area contributed by atoms with Gasteiger partial charge in [0.2, 0.25) is 4.77 Å². The molecule has 0 saturated heterocycles. The second-order valence-electron chi connectivity index (χ2n) is 6.60. The van der Waals surface area contributed by atoms with Crippen molar-refractivity contribution in [1.29, 1.82) is 0 Å². The van der Waals surface area contributed by atoms with Gasteiger partial charge in [-0.05, 0) is 65.8 Å².